The zero-order chi connectivity index (χ0) is 17.0. The molecule has 4 nitrogen and oxygen atoms in total. The Kier molecular flexibility index (Phi) is 5.75. The summed E-state index contributed by atoms with van der Waals surface area (Å²) in [5, 5.41) is 0.623. The number of likely N-dealkylation sites (N-methyl/N-ethyl adjacent to an activating group) is 1. The predicted molar refractivity (Wildman–Crippen MR) is 89.5 cm³/mol. The van der Waals surface area contributed by atoms with Gasteiger partial charge in [-0.25, -0.2) is 17.5 Å². The molecular formula is C16H18ClFN2O2S. The van der Waals surface area contributed by atoms with E-state index in [1.807, 2.05) is 31.1 Å². The van der Waals surface area contributed by atoms with Crippen molar-refractivity contribution in [3.05, 3.63) is 64.9 Å². The molecule has 1 atom stereocenters. The molecule has 0 spiro atoms. The Labute approximate surface area is 140 Å². The maximum atomic E-state index is 12.9. The number of hydrogen-bond donors (Lipinski definition) is 1. The lowest BCUT2D eigenvalue weighted by Crippen LogP contribution is -2.34. The van der Waals surface area contributed by atoms with Gasteiger partial charge in [-0.2, -0.15) is 0 Å². The molecule has 1 unspecified atom stereocenters. The Bertz CT molecular complexity index is 747. The maximum Gasteiger partial charge on any atom is 0.240 e. The van der Waals surface area contributed by atoms with Gasteiger partial charge in [0, 0.05) is 17.6 Å². The zero-order valence-electron chi connectivity index (χ0n) is 12.8. The molecule has 0 aromatic heterocycles. The van der Waals surface area contributed by atoms with Crippen molar-refractivity contribution in [1.82, 2.24) is 9.62 Å². The number of halogens is 2. The molecule has 0 radical (unpaired) electrons. The van der Waals surface area contributed by atoms with E-state index in [0.29, 0.717) is 5.02 Å². The van der Waals surface area contributed by atoms with E-state index in [-0.39, 0.29) is 17.5 Å². The van der Waals surface area contributed by atoms with E-state index in [0.717, 1.165) is 17.7 Å². The van der Waals surface area contributed by atoms with Gasteiger partial charge in [0.15, 0.2) is 0 Å². The van der Waals surface area contributed by atoms with E-state index in [2.05, 4.69) is 4.72 Å². The molecule has 0 heterocycles. The third kappa shape index (κ3) is 4.75. The molecular weight excluding hydrogens is 339 g/mol. The highest BCUT2D eigenvalue weighted by Crippen LogP contribution is 2.20. The Morgan fingerprint density at radius 1 is 1.09 bits per heavy atom. The summed E-state index contributed by atoms with van der Waals surface area (Å²) in [4.78, 5) is 1.95. The summed E-state index contributed by atoms with van der Waals surface area (Å²) < 4.78 is 40.0. The van der Waals surface area contributed by atoms with Crippen molar-refractivity contribution >= 4 is 21.6 Å². The molecule has 2 aromatic carbocycles. The molecule has 2 aromatic rings. The number of nitrogens with one attached hydrogen (secondary N) is 1. The summed E-state index contributed by atoms with van der Waals surface area (Å²) in [6.07, 6.45) is 0. The summed E-state index contributed by atoms with van der Waals surface area (Å²) in [6.45, 7) is 0.189. The largest absolute Gasteiger partial charge is 0.301 e. The van der Waals surface area contributed by atoms with Crippen LogP contribution in [-0.4, -0.2) is 34.0 Å². The molecule has 2 rings (SSSR count). The number of nitrogens with zero attached hydrogens (tertiary/aromatic N) is 1. The van der Waals surface area contributed by atoms with Crippen LogP contribution in [-0.2, 0) is 10.0 Å². The molecule has 124 valence electrons. The van der Waals surface area contributed by atoms with Gasteiger partial charge in [-0.3, -0.25) is 0 Å². The second-order valence-electron chi connectivity index (χ2n) is 5.34. The predicted octanol–water partition coefficient (Wildman–Crippen LogP) is 3.06. The lowest BCUT2D eigenvalue weighted by Gasteiger charge is -2.25. The lowest BCUT2D eigenvalue weighted by atomic mass is 10.1. The normalized spacial score (nSPS) is 13.3. The fraction of sp³-hybridized carbons (Fsp3) is 0.250. The quantitative estimate of drug-likeness (QED) is 0.865. The van der Waals surface area contributed by atoms with Gasteiger partial charge in [0.2, 0.25) is 10.0 Å². The molecule has 0 amide bonds. The minimum atomic E-state index is -3.69. The number of sulfonamides is 1. The fourth-order valence-electron chi connectivity index (χ4n) is 2.17. The summed E-state index contributed by atoms with van der Waals surface area (Å²) in [7, 11) is 0.0419. The molecule has 0 saturated heterocycles. The van der Waals surface area contributed by atoms with Crippen molar-refractivity contribution in [2.45, 2.75) is 10.9 Å². The second-order valence-corrected chi connectivity index (χ2v) is 7.54. The molecule has 0 aliphatic rings. The first-order chi connectivity index (χ1) is 10.8. The van der Waals surface area contributed by atoms with Crippen molar-refractivity contribution in [3.63, 3.8) is 0 Å². The van der Waals surface area contributed by atoms with Crippen molar-refractivity contribution < 1.29 is 12.8 Å². The Hall–Kier alpha value is -1.47. The molecule has 0 bridgehead atoms. The molecule has 0 saturated carbocycles. The number of hydrogen-bond acceptors (Lipinski definition) is 3. The summed E-state index contributed by atoms with van der Waals surface area (Å²) in [6, 6.07) is 11.8. The van der Waals surface area contributed by atoms with Gasteiger partial charge in [-0.05, 0) is 56.1 Å². The van der Waals surface area contributed by atoms with Gasteiger partial charge in [-0.15, -0.1) is 0 Å². The standard InChI is InChI=1S/C16H18ClFN2O2S/c1-20(2)16(12-3-5-13(17)6-4-12)11-19-23(21,22)15-9-7-14(18)8-10-15/h3-10,16,19H,11H2,1-2H3. The summed E-state index contributed by atoms with van der Waals surface area (Å²) in [5.41, 5.74) is 0.946. The Morgan fingerprint density at radius 3 is 2.17 bits per heavy atom. The van der Waals surface area contributed by atoms with Crippen molar-refractivity contribution in [2.75, 3.05) is 20.6 Å². The Morgan fingerprint density at radius 2 is 1.65 bits per heavy atom. The lowest BCUT2D eigenvalue weighted by molar-refractivity contribution is 0.299. The van der Waals surface area contributed by atoms with E-state index >= 15 is 0 Å². The van der Waals surface area contributed by atoms with Gasteiger partial charge >= 0.3 is 0 Å². The summed E-state index contributed by atoms with van der Waals surface area (Å²) in [5.74, 6) is -0.476. The van der Waals surface area contributed by atoms with Gasteiger partial charge in [0.25, 0.3) is 0 Å². The highest BCUT2D eigenvalue weighted by atomic mass is 35.5. The highest BCUT2D eigenvalue weighted by molar-refractivity contribution is 7.89. The first-order valence-corrected chi connectivity index (χ1v) is 8.83. The Balaban J connectivity index is 2.15. The van der Waals surface area contributed by atoms with Crippen LogP contribution in [0.15, 0.2) is 53.4 Å². The molecule has 1 N–H and O–H groups in total. The van der Waals surface area contributed by atoms with Crippen LogP contribution in [0.5, 0.6) is 0 Å². The topological polar surface area (TPSA) is 49.4 Å². The monoisotopic (exact) mass is 356 g/mol. The highest BCUT2D eigenvalue weighted by Gasteiger charge is 2.19. The van der Waals surface area contributed by atoms with E-state index < -0.39 is 15.8 Å². The minimum Gasteiger partial charge on any atom is -0.301 e. The molecule has 0 aliphatic carbocycles. The minimum absolute atomic E-state index is 0.0347. The first-order valence-electron chi connectivity index (χ1n) is 6.97. The van der Waals surface area contributed by atoms with Crippen LogP contribution in [0.1, 0.15) is 11.6 Å². The maximum absolute atomic E-state index is 12.9. The van der Waals surface area contributed by atoms with Gasteiger partial charge in [0.05, 0.1) is 4.90 Å². The van der Waals surface area contributed by atoms with Crippen LogP contribution in [0.4, 0.5) is 4.39 Å². The van der Waals surface area contributed by atoms with Gasteiger partial charge < -0.3 is 4.90 Å². The van der Waals surface area contributed by atoms with Crippen LogP contribution in [0.2, 0.25) is 5.02 Å². The second kappa shape index (κ2) is 7.40. The van der Waals surface area contributed by atoms with Crippen LogP contribution < -0.4 is 4.72 Å². The van der Waals surface area contributed by atoms with E-state index in [4.69, 9.17) is 11.6 Å². The van der Waals surface area contributed by atoms with E-state index in [1.54, 1.807) is 12.1 Å². The third-order valence-electron chi connectivity index (χ3n) is 3.47. The van der Waals surface area contributed by atoms with Crippen LogP contribution >= 0.6 is 11.6 Å². The third-order valence-corrected chi connectivity index (χ3v) is 5.16. The molecule has 7 heteroatoms. The number of rotatable bonds is 6. The molecule has 0 aliphatic heterocycles. The summed E-state index contributed by atoms with van der Waals surface area (Å²) >= 11 is 5.88. The number of benzene rings is 2. The molecule has 0 fully saturated rings. The van der Waals surface area contributed by atoms with Crippen LogP contribution in [0, 0.1) is 5.82 Å². The van der Waals surface area contributed by atoms with E-state index in [9.17, 15) is 12.8 Å². The van der Waals surface area contributed by atoms with Crippen LogP contribution in [0.3, 0.4) is 0 Å². The van der Waals surface area contributed by atoms with E-state index in [1.165, 1.54) is 12.1 Å². The zero-order valence-corrected chi connectivity index (χ0v) is 14.4. The first kappa shape index (κ1) is 17.9. The van der Waals surface area contributed by atoms with Gasteiger partial charge in [0.1, 0.15) is 5.82 Å². The fourth-order valence-corrected chi connectivity index (χ4v) is 3.33. The van der Waals surface area contributed by atoms with Crippen LogP contribution in [0.25, 0.3) is 0 Å². The van der Waals surface area contributed by atoms with Crippen molar-refractivity contribution in [2.24, 2.45) is 0 Å². The SMILES string of the molecule is CN(C)C(CNS(=O)(=O)c1ccc(F)cc1)c1ccc(Cl)cc1. The average molecular weight is 357 g/mol. The average Bonchev–Trinajstić information content (AvgIpc) is 2.49. The molecule has 23 heavy (non-hydrogen) atoms. The van der Waals surface area contributed by atoms with Crippen molar-refractivity contribution in [1.29, 1.82) is 0 Å². The van der Waals surface area contributed by atoms with Crippen molar-refractivity contribution in [3.8, 4) is 0 Å². The smallest absolute Gasteiger partial charge is 0.240 e. The van der Waals surface area contributed by atoms with Gasteiger partial charge in [-0.1, -0.05) is 23.7 Å².